The third-order valence-electron chi connectivity index (χ3n) is 5.87. The van der Waals surface area contributed by atoms with Crippen LogP contribution in [-0.2, 0) is 9.59 Å². The molecule has 29 heavy (non-hydrogen) atoms. The highest BCUT2D eigenvalue weighted by Crippen LogP contribution is 2.36. The topological polar surface area (TPSA) is 85.2 Å². The number of carbonyl (C=O) groups excluding carboxylic acids is 2. The summed E-state index contributed by atoms with van der Waals surface area (Å²) in [4.78, 5) is 32.2. The van der Waals surface area contributed by atoms with Crippen LogP contribution in [-0.4, -0.2) is 70.3 Å². The average molecular weight is 437 g/mol. The van der Waals surface area contributed by atoms with Crippen LogP contribution < -0.4 is 5.32 Å². The number of hydrogen-bond donors (Lipinski definition) is 2. The zero-order valence-electron chi connectivity index (χ0n) is 16.1. The van der Waals surface area contributed by atoms with Gasteiger partial charge in [0.05, 0.1) is 0 Å². The Hall–Kier alpha value is -1.61. The summed E-state index contributed by atoms with van der Waals surface area (Å²) in [7, 11) is 0. The van der Waals surface area contributed by atoms with Crippen molar-refractivity contribution in [3.05, 3.63) is 29.3 Å². The van der Waals surface area contributed by atoms with E-state index in [9.17, 15) is 9.59 Å². The van der Waals surface area contributed by atoms with Crippen LogP contribution in [0, 0.1) is 5.92 Å². The minimum Gasteiger partial charge on any atom is -0.387 e. The third-order valence-corrected chi connectivity index (χ3v) is 7.20. The van der Waals surface area contributed by atoms with E-state index in [1.807, 2.05) is 24.3 Å². The van der Waals surface area contributed by atoms with Crippen molar-refractivity contribution in [1.82, 2.24) is 14.5 Å². The Morgan fingerprint density at radius 1 is 1.34 bits per heavy atom. The molecule has 1 atom stereocenters. The van der Waals surface area contributed by atoms with Crippen molar-refractivity contribution >= 4 is 41.2 Å². The van der Waals surface area contributed by atoms with Gasteiger partial charge in [0.15, 0.2) is 0 Å². The van der Waals surface area contributed by atoms with Crippen molar-refractivity contribution in [2.75, 3.05) is 32.8 Å². The van der Waals surface area contributed by atoms with E-state index < -0.39 is 12.1 Å². The minimum absolute atomic E-state index is 0.0227. The first-order chi connectivity index (χ1) is 14.0. The van der Waals surface area contributed by atoms with E-state index in [1.165, 1.54) is 0 Å². The second kappa shape index (κ2) is 8.63. The molecular formula is C20H25ClN4O3S. The Labute approximate surface area is 179 Å². The van der Waals surface area contributed by atoms with Gasteiger partial charge in [-0.05, 0) is 55.8 Å². The van der Waals surface area contributed by atoms with Gasteiger partial charge in [-0.15, -0.1) is 0 Å². The molecule has 3 aliphatic heterocycles. The highest BCUT2D eigenvalue weighted by atomic mass is 35.5. The SMILES string of the molecule is O=C(CO)N1CCCC(C2=NC3(CCN(Sc4cccc(Cl)c4)CC3)C(=O)N2)C1. The van der Waals surface area contributed by atoms with E-state index in [2.05, 4.69) is 9.62 Å². The van der Waals surface area contributed by atoms with Gasteiger partial charge in [-0.3, -0.25) is 14.6 Å². The van der Waals surface area contributed by atoms with E-state index in [0.29, 0.717) is 36.8 Å². The third kappa shape index (κ3) is 4.45. The van der Waals surface area contributed by atoms with Crippen LogP contribution in [0.5, 0.6) is 0 Å². The van der Waals surface area contributed by atoms with Gasteiger partial charge in [-0.2, -0.15) is 0 Å². The number of aliphatic imine (C=N–C) groups is 1. The number of benzene rings is 1. The number of likely N-dealkylation sites (tertiary alicyclic amines) is 1. The lowest BCUT2D eigenvalue weighted by molar-refractivity contribution is -0.135. The van der Waals surface area contributed by atoms with Crippen LogP contribution in [0.4, 0.5) is 0 Å². The van der Waals surface area contributed by atoms with Crippen molar-refractivity contribution < 1.29 is 14.7 Å². The molecule has 1 unspecified atom stereocenters. The molecule has 156 valence electrons. The molecular weight excluding hydrogens is 412 g/mol. The second-order valence-corrected chi connectivity index (χ2v) is 9.40. The number of aliphatic hydroxyl groups is 1. The van der Waals surface area contributed by atoms with Crippen molar-refractivity contribution in [3.8, 4) is 0 Å². The normalized spacial score (nSPS) is 24.5. The van der Waals surface area contributed by atoms with Gasteiger partial charge in [0, 0.05) is 42.0 Å². The number of aliphatic hydroxyl groups excluding tert-OH is 1. The quantitative estimate of drug-likeness (QED) is 0.704. The maximum atomic E-state index is 12.8. The highest BCUT2D eigenvalue weighted by molar-refractivity contribution is 7.97. The molecule has 3 heterocycles. The van der Waals surface area contributed by atoms with E-state index in [4.69, 9.17) is 21.7 Å². The van der Waals surface area contributed by atoms with E-state index in [-0.39, 0.29) is 17.7 Å². The number of nitrogens with one attached hydrogen (secondary N) is 1. The average Bonchev–Trinajstić information content (AvgIpc) is 3.05. The molecule has 1 aromatic rings. The van der Waals surface area contributed by atoms with Crippen LogP contribution in [0.1, 0.15) is 25.7 Å². The number of piperidine rings is 2. The predicted molar refractivity (Wildman–Crippen MR) is 113 cm³/mol. The molecule has 3 aliphatic rings. The molecule has 2 amide bonds. The Balaban J connectivity index is 1.39. The summed E-state index contributed by atoms with van der Waals surface area (Å²) < 4.78 is 2.25. The molecule has 1 aromatic carbocycles. The molecule has 0 radical (unpaired) electrons. The maximum absolute atomic E-state index is 12.8. The monoisotopic (exact) mass is 436 g/mol. The minimum atomic E-state index is -0.690. The van der Waals surface area contributed by atoms with E-state index in [0.717, 1.165) is 30.8 Å². The van der Waals surface area contributed by atoms with Gasteiger partial charge in [-0.1, -0.05) is 17.7 Å². The van der Waals surface area contributed by atoms with Crippen molar-refractivity contribution in [1.29, 1.82) is 0 Å². The second-order valence-electron chi connectivity index (χ2n) is 7.80. The van der Waals surface area contributed by atoms with E-state index >= 15 is 0 Å². The fourth-order valence-corrected chi connectivity index (χ4v) is 5.46. The van der Waals surface area contributed by atoms with Crippen LogP contribution >= 0.6 is 23.5 Å². The molecule has 1 spiro atoms. The molecule has 0 aromatic heterocycles. The summed E-state index contributed by atoms with van der Waals surface area (Å²) in [5.74, 6) is 0.453. The van der Waals surface area contributed by atoms with Crippen LogP contribution in [0.25, 0.3) is 0 Å². The lowest BCUT2D eigenvalue weighted by Crippen LogP contribution is -2.48. The molecule has 0 bridgehead atoms. The number of nitrogens with zero attached hydrogens (tertiary/aromatic N) is 3. The van der Waals surface area contributed by atoms with Crippen LogP contribution in [0.3, 0.4) is 0 Å². The van der Waals surface area contributed by atoms with Crippen LogP contribution in [0.15, 0.2) is 34.2 Å². The van der Waals surface area contributed by atoms with Gasteiger partial charge in [0.2, 0.25) is 5.91 Å². The highest BCUT2D eigenvalue weighted by Gasteiger charge is 2.47. The van der Waals surface area contributed by atoms with Crippen molar-refractivity contribution in [2.45, 2.75) is 36.1 Å². The summed E-state index contributed by atoms with van der Waals surface area (Å²) in [5.41, 5.74) is -0.690. The van der Waals surface area contributed by atoms with Gasteiger partial charge < -0.3 is 15.3 Å². The predicted octanol–water partition coefficient (Wildman–Crippen LogP) is 1.94. The number of amidine groups is 1. The fourth-order valence-electron chi connectivity index (χ4n) is 4.22. The summed E-state index contributed by atoms with van der Waals surface area (Å²) >= 11 is 7.73. The van der Waals surface area contributed by atoms with Gasteiger partial charge >= 0.3 is 0 Å². The first-order valence-corrected chi connectivity index (χ1v) is 11.1. The standard InChI is InChI=1S/C20H25ClN4O3S/c21-15-4-1-5-16(11-15)29-25-9-6-20(7-10-25)19(28)22-18(23-20)14-3-2-8-24(12-14)17(27)13-26/h1,4-5,11,14,26H,2-3,6-10,12-13H2,(H,22,23,28). The zero-order chi connectivity index (χ0) is 20.4. The first kappa shape index (κ1) is 20.7. The van der Waals surface area contributed by atoms with Gasteiger partial charge in [0.25, 0.3) is 5.91 Å². The van der Waals surface area contributed by atoms with E-state index in [1.54, 1.807) is 16.8 Å². The lowest BCUT2D eigenvalue weighted by atomic mass is 9.89. The molecule has 0 aliphatic carbocycles. The molecule has 9 heteroatoms. The Morgan fingerprint density at radius 3 is 2.86 bits per heavy atom. The maximum Gasteiger partial charge on any atom is 0.253 e. The molecule has 2 saturated heterocycles. The number of amides is 2. The molecule has 0 saturated carbocycles. The lowest BCUT2D eigenvalue weighted by Gasteiger charge is -2.34. The summed E-state index contributed by atoms with van der Waals surface area (Å²) in [6.07, 6.45) is 3.08. The molecule has 2 N–H and O–H groups in total. The Morgan fingerprint density at radius 2 is 2.14 bits per heavy atom. The molecule has 2 fully saturated rings. The summed E-state index contributed by atoms with van der Waals surface area (Å²) in [5, 5.41) is 12.8. The number of rotatable bonds is 4. The summed E-state index contributed by atoms with van der Waals surface area (Å²) in [6, 6.07) is 7.77. The van der Waals surface area contributed by atoms with Crippen molar-refractivity contribution in [2.24, 2.45) is 10.9 Å². The smallest absolute Gasteiger partial charge is 0.253 e. The Bertz CT molecular complexity index is 826. The fraction of sp³-hybridized carbons (Fsp3) is 0.550. The van der Waals surface area contributed by atoms with Gasteiger partial charge in [0.1, 0.15) is 18.0 Å². The summed E-state index contributed by atoms with van der Waals surface area (Å²) in [6.45, 7) is 2.21. The van der Waals surface area contributed by atoms with Crippen LogP contribution in [0.2, 0.25) is 5.02 Å². The van der Waals surface area contributed by atoms with Crippen molar-refractivity contribution in [3.63, 3.8) is 0 Å². The zero-order valence-corrected chi connectivity index (χ0v) is 17.7. The number of halogens is 1. The largest absolute Gasteiger partial charge is 0.387 e. The number of hydrogen-bond acceptors (Lipinski definition) is 6. The number of carbonyl (C=O) groups is 2. The Kier molecular flexibility index (Phi) is 6.15. The molecule has 7 nitrogen and oxygen atoms in total. The molecule has 4 rings (SSSR count). The van der Waals surface area contributed by atoms with Gasteiger partial charge in [-0.25, -0.2) is 4.31 Å². The first-order valence-electron chi connectivity index (χ1n) is 9.97.